The first-order valence-corrected chi connectivity index (χ1v) is 7.92. The fraction of sp³-hybridized carbons (Fsp3) is 0.636. The van der Waals surface area contributed by atoms with Gasteiger partial charge >= 0.3 is 0 Å². The first kappa shape index (κ1) is 14.6. The molecule has 4 nitrogen and oxygen atoms in total. The predicted molar refractivity (Wildman–Crippen MR) is 69.5 cm³/mol. The predicted octanol–water partition coefficient (Wildman–Crippen LogP) is 1.95. The zero-order chi connectivity index (χ0) is 13.1. The highest BCUT2D eigenvalue weighted by Crippen LogP contribution is 2.19. The zero-order valence-electron chi connectivity index (χ0n) is 10.3. The highest BCUT2D eigenvalue weighted by molar-refractivity contribution is 7.89. The summed E-state index contributed by atoms with van der Waals surface area (Å²) in [6, 6.07) is 1.42. The lowest BCUT2D eigenvalue weighted by atomic mass is 10.1. The number of thiophene rings is 1. The SMILES string of the molecule is CC(C)CC(C)NS(=O)(=O)c1csc(CO)c1. The van der Waals surface area contributed by atoms with Gasteiger partial charge in [0, 0.05) is 16.3 Å². The van der Waals surface area contributed by atoms with Gasteiger partial charge < -0.3 is 5.11 Å². The van der Waals surface area contributed by atoms with Gasteiger partial charge in [-0.15, -0.1) is 11.3 Å². The van der Waals surface area contributed by atoms with E-state index >= 15 is 0 Å². The van der Waals surface area contributed by atoms with E-state index in [0.29, 0.717) is 10.8 Å². The van der Waals surface area contributed by atoms with Gasteiger partial charge in [-0.05, 0) is 25.3 Å². The quantitative estimate of drug-likeness (QED) is 0.835. The summed E-state index contributed by atoms with van der Waals surface area (Å²) in [7, 11) is -3.45. The molecule has 0 radical (unpaired) electrons. The molecule has 1 rings (SSSR count). The molecule has 0 aliphatic rings. The van der Waals surface area contributed by atoms with Gasteiger partial charge in [0.25, 0.3) is 0 Å². The lowest BCUT2D eigenvalue weighted by molar-refractivity contribution is 0.285. The summed E-state index contributed by atoms with van der Waals surface area (Å²) in [5.74, 6) is 0.447. The largest absolute Gasteiger partial charge is 0.391 e. The summed E-state index contributed by atoms with van der Waals surface area (Å²) in [5, 5.41) is 10.5. The molecule has 0 spiro atoms. The van der Waals surface area contributed by atoms with E-state index in [0.717, 1.165) is 6.42 Å². The maximum Gasteiger partial charge on any atom is 0.241 e. The van der Waals surface area contributed by atoms with E-state index in [1.54, 1.807) is 5.38 Å². The normalized spacial score (nSPS) is 14.2. The molecule has 0 aliphatic carbocycles. The van der Waals surface area contributed by atoms with Crippen LogP contribution in [0.15, 0.2) is 16.3 Å². The number of aliphatic hydroxyl groups is 1. The topological polar surface area (TPSA) is 66.4 Å². The Labute approximate surface area is 107 Å². The van der Waals surface area contributed by atoms with Crippen LogP contribution in [-0.4, -0.2) is 19.6 Å². The lowest BCUT2D eigenvalue weighted by Gasteiger charge is -2.15. The molecule has 0 amide bonds. The summed E-state index contributed by atoms with van der Waals surface area (Å²) < 4.78 is 26.6. The summed E-state index contributed by atoms with van der Waals surface area (Å²) in [6.07, 6.45) is 0.802. The van der Waals surface area contributed by atoms with Crippen LogP contribution in [0.1, 0.15) is 32.1 Å². The molecule has 0 aromatic carbocycles. The Kier molecular flexibility index (Phi) is 5.12. The Balaban J connectivity index is 2.74. The fourth-order valence-corrected chi connectivity index (χ4v) is 4.06. The van der Waals surface area contributed by atoms with Crippen molar-refractivity contribution < 1.29 is 13.5 Å². The van der Waals surface area contributed by atoms with Crippen molar-refractivity contribution in [3.05, 3.63) is 16.3 Å². The number of sulfonamides is 1. The highest BCUT2D eigenvalue weighted by atomic mass is 32.2. The van der Waals surface area contributed by atoms with Gasteiger partial charge in [-0.25, -0.2) is 13.1 Å². The van der Waals surface area contributed by atoms with Crippen LogP contribution in [0.2, 0.25) is 0 Å². The van der Waals surface area contributed by atoms with Gasteiger partial charge in [0.15, 0.2) is 0 Å². The van der Waals surface area contributed by atoms with E-state index < -0.39 is 10.0 Å². The first-order valence-electron chi connectivity index (χ1n) is 5.55. The minimum atomic E-state index is -3.45. The molecule has 0 aliphatic heterocycles. The number of aliphatic hydroxyl groups excluding tert-OH is 1. The summed E-state index contributed by atoms with van der Waals surface area (Å²) in [6.45, 7) is 5.84. The Morgan fingerprint density at radius 2 is 2.06 bits per heavy atom. The third-order valence-electron chi connectivity index (χ3n) is 2.28. The standard InChI is InChI=1S/C11H19NO3S2/c1-8(2)4-9(3)12-17(14,15)11-5-10(6-13)16-7-11/h5,7-9,12-13H,4,6H2,1-3H3. The number of nitrogens with one attached hydrogen (secondary N) is 1. The first-order chi connectivity index (χ1) is 7.85. The molecule has 0 fully saturated rings. The van der Waals surface area contributed by atoms with Crippen molar-refractivity contribution in [3.8, 4) is 0 Å². The average Bonchev–Trinajstić information content (AvgIpc) is 2.63. The Hall–Kier alpha value is -0.430. The van der Waals surface area contributed by atoms with Crippen LogP contribution in [-0.2, 0) is 16.6 Å². The molecule has 0 bridgehead atoms. The highest BCUT2D eigenvalue weighted by Gasteiger charge is 2.19. The van der Waals surface area contributed by atoms with Crippen LogP contribution in [0, 0.1) is 5.92 Å². The molecule has 1 aromatic heterocycles. The molecule has 98 valence electrons. The van der Waals surface area contributed by atoms with Crippen molar-refractivity contribution in [3.63, 3.8) is 0 Å². The maximum absolute atomic E-state index is 12.0. The molecule has 1 aromatic rings. The smallest absolute Gasteiger partial charge is 0.241 e. The minimum Gasteiger partial charge on any atom is -0.391 e. The monoisotopic (exact) mass is 277 g/mol. The molecule has 2 N–H and O–H groups in total. The van der Waals surface area contributed by atoms with Crippen molar-refractivity contribution in [2.75, 3.05) is 0 Å². The fourth-order valence-electron chi connectivity index (χ4n) is 1.67. The number of hydrogen-bond donors (Lipinski definition) is 2. The van der Waals surface area contributed by atoms with E-state index in [1.807, 2.05) is 6.92 Å². The second kappa shape index (κ2) is 5.95. The van der Waals surface area contributed by atoms with Crippen LogP contribution in [0.4, 0.5) is 0 Å². The Bertz CT molecular complexity index is 451. The molecular weight excluding hydrogens is 258 g/mol. The van der Waals surface area contributed by atoms with Crippen LogP contribution < -0.4 is 4.72 Å². The number of rotatable bonds is 6. The van der Waals surface area contributed by atoms with E-state index in [4.69, 9.17) is 5.11 Å². The van der Waals surface area contributed by atoms with Crippen LogP contribution in [0.5, 0.6) is 0 Å². The van der Waals surface area contributed by atoms with E-state index in [2.05, 4.69) is 18.6 Å². The van der Waals surface area contributed by atoms with Crippen LogP contribution in [0.3, 0.4) is 0 Å². The molecule has 1 unspecified atom stereocenters. The Morgan fingerprint density at radius 3 is 2.53 bits per heavy atom. The van der Waals surface area contributed by atoms with Gasteiger partial charge in [-0.3, -0.25) is 0 Å². The van der Waals surface area contributed by atoms with Crippen molar-refractivity contribution in [1.29, 1.82) is 0 Å². The maximum atomic E-state index is 12.0. The average molecular weight is 277 g/mol. The van der Waals surface area contributed by atoms with Gasteiger partial charge in [0.2, 0.25) is 10.0 Å². The van der Waals surface area contributed by atoms with E-state index in [1.165, 1.54) is 17.4 Å². The third kappa shape index (κ3) is 4.39. The molecule has 17 heavy (non-hydrogen) atoms. The molecule has 1 atom stereocenters. The van der Waals surface area contributed by atoms with E-state index in [9.17, 15) is 8.42 Å². The lowest BCUT2D eigenvalue weighted by Crippen LogP contribution is -2.33. The van der Waals surface area contributed by atoms with E-state index in [-0.39, 0.29) is 17.5 Å². The van der Waals surface area contributed by atoms with Crippen LogP contribution >= 0.6 is 11.3 Å². The van der Waals surface area contributed by atoms with Gasteiger partial charge in [-0.2, -0.15) is 0 Å². The second-order valence-corrected chi connectivity index (χ2v) is 7.27. The summed E-state index contributed by atoms with van der Waals surface area (Å²) >= 11 is 1.25. The second-order valence-electron chi connectivity index (χ2n) is 4.56. The molecule has 0 saturated carbocycles. The van der Waals surface area contributed by atoms with Crippen molar-refractivity contribution in [2.24, 2.45) is 5.92 Å². The number of hydrogen-bond acceptors (Lipinski definition) is 4. The van der Waals surface area contributed by atoms with Gasteiger partial charge in [-0.1, -0.05) is 13.8 Å². The third-order valence-corrected chi connectivity index (χ3v) is 4.92. The minimum absolute atomic E-state index is 0.0857. The van der Waals surface area contributed by atoms with Gasteiger partial charge in [0.1, 0.15) is 0 Å². The van der Waals surface area contributed by atoms with Crippen LogP contribution in [0.25, 0.3) is 0 Å². The Morgan fingerprint density at radius 1 is 1.41 bits per heavy atom. The zero-order valence-corrected chi connectivity index (χ0v) is 11.9. The molecular formula is C11H19NO3S2. The molecule has 0 saturated heterocycles. The summed E-state index contributed by atoms with van der Waals surface area (Å²) in [4.78, 5) is 0.893. The van der Waals surface area contributed by atoms with Crippen molar-refractivity contribution in [2.45, 2.75) is 44.7 Å². The molecule has 6 heteroatoms. The van der Waals surface area contributed by atoms with Crippen molar-refractivity contribution >= 4 is 21.4 Å². The molecule has 1 heterocycles. The van der Waals surface area contributed by atoms with Gasteiger partial charge in [0.05, 0.1) is 11.5 Å². The summed E-state index contributed by atoms with van der Waals surface area (Å²) in [5.41, 5.74) is 0. The van der Waals surface area contributed by atoms with Crippen molar-refractivity contribution in [1.82, 2.24) is 4.72 Å².